The number of nitrogens with zero attached hydrogens (tertiary/aromatic N) is 2. The number of aromatic nitrogens is 2. The molecule has 3 aromatic rings. The fourth-order valence-electron chi connectivity index (χ4n) is 4.15. The van der Waals surface area contributed by atoms with Gasteiger partial charge in [-0.3, -0.25) is 9.59 Å². The Morgan fingerprint density at radius 3 is 2.53 bits per heavy atom. The summed E-state index contributed by atoms with van der Waals surface area (Å²) in [6.07, 6.45) is 3.25. The maximum atomic E-state index is 13.0. The number of nitrogens with one attached hydrogen (secondary N) is 1. The van der Waals surface area contributed by atoms with E-state index in [-0.39, 0.29) is 24.3 Å². The van der Waals surface area contributed by atoms with Crippen molar-refractivity contribution in [3.05, 3.63) is 52.0 Å². The molecule has 32 heavy (non-hydrogen) atoms. The highest BCUT2D eigenvalue weighted by Gasteiger charge is 2.21. The quantitative estimate of drug-likeness (QED) is 0.390. The van der Waals surface area contributed by atoms with Crippen LogP contribution in [-0.2, 0) is 11.2 Å². The Kier molecular flexibility index (Phi) is 8.07. The first-order chi connectivity index (χ1) is 15.3. The Morgan fingerprint density at radius 2 is 1.94 bits per heavy atom. The molecule has 0 aliphatic heterocycles. The van der Waals surface area contributed by atoms with Gasteiger partial charge in [0.05, 0.1) is 11.0 Å². The third-order valence-electron chi connectivity index (χ3n) is 6.04. The van der Waals surface area contributed by atoms with E-state index < -0.39 is 5.97 Å². The summed E-state index contributed by atoms with van der Waals surface area (Å²) in [5, 5.41) is 14.1. The second-order valence-corrected chi connectivity index (χ2v) is 9.62. The number of amides is 1. The van der Waals surface area contributed by atoms with Gasteiger partial charge in [0.2, 0.25) is 0 Å². The summed E-state index contributed by atoms with van der Waals surface area (Å²) in [4.78, 5) is 30.1. The van der Waals surface area contributed by atoms with E-state index in [1.807, 2.05) is 32.0 Å². The molecule has 0 unspecified atom stereocenters. The molecule has 0 saturated carbocycles. The van der Waals surface area contributed by atoms with Gasteiger partial charge >= 0.3 is 5.97 Å². The number of carboxylic acid groups (broad SMARTS) is 1. The summed E-state index contributed by atoms with van der Waals surface area (Å²) in [6.45, 7) is 8.37. The van der Waals surface area contributed by atoms with E-state index in [2.05, 4.69) is 41.2 Å². The third-order valence-corrected chi connectivity index (χ3v) is 6.91. The van der Waals surface area contributed by atoms with Crippen LogP contribution in [0.3, 0.4) is 0 Å². The number of carboxylic acids is 1. The molecule has 7 heteroatoms. The summed E-state index contributed by atoms with van der Waals surface area (Å²) >= 11 is 1.73. The Morgan fingerprint density at radius 1 is 1.19 bits per heavy atom. The predicted octanol–water partition coefficient (Wildman–Crippen LogP) is 5.67. The minimum absolute atomic E-state index is 0.0358. The lowest BCUT2D eigenvalue weighted by Crippen LogP contribution is -2.38. The van der Waals surface area contributed by atoms with Gasteiger partial charge < -0.3 is 15.0 Å². The number of carbonyl (C=O) groups is 2. The van der Waals surface area contributed by atoms with Crippen LogP contribution in [0.4, 0.5) is 0 Å². The predicted molar refractivity (Wildman–Crippen MR) is 129 cm³/mol. The van der Waals surface area contributed by atoms with Crippen LogP contribution in [0.15, 0.2) is 35.7 Å². The highest BCUT2D eigenvalue weighted by molar-refractivity contribution is 7.09. The van der Waals surface area contributed by atoms with Crippen molar-refractivity contribution in [1.82, 2.24) is 14.9 Å². The lowest BCUT2D eigenvalue weighted by atomic mass is 9.98. The number of hydrogen-bond acceptors (Lipinski definition) is 4. The molecule has 1 atom stereocenters. The fourth-order valence-corrected chi connectivity index (χ4v) is 4.85. The molecule has 6 nitrogen and oxygen atoms in total. The van der Waals surface area contributed by atoms with E-state index >= 15 is 0 Å². The normalized spacial score (nSPS) is 12.6. The molecule has 0 radical (unpaired) electrons. The molecule has 0 fully saturated rings. The van der Waals surface area contributed by atoms with Crippen LogP contribution in [0, 0.1) is 5.92 Å². The maximum Gasteiger partial charge on any atom is 0.303 e. The van der Waals surface area contributed by atoms with Crippen molar-refractivity contribution in [2.45, 2.75) is 71.9 Å². The van der Waals surface area contributed by atoms with Crippen molar-refractivity contribution in [3.8, 4) is 0 Å². The van der Waals surface area contributed by atoms with Crippen LogP contribution >= 0.6 is 11.3 Å². The third kappa shape index (κ3) is 5.57. The summed E-state index contributed by atoms with van der Waals surface area (Å²) in [5.41, 5.74) is 2.42. The Balaban J connectivity index is 1.91. The molecule has 172 valence electrons. The molecular weight excluding hydrogens is 422 g/mol. The Labute approximate surface area is 193 Å². The van der Waals surface area contributed by atoms with Crippen LogP contribution < -0.4 is 5.32 Å². The Bertz CT molecular complexity index is 1050. The minimum Gasteiger partial charge on any atom is -0.481 e. The van der Waals surface area contributed by atoms with Crippen molar-refractivity contribution in [2.75, 3.05) is 0 Å². The van der Waals surface area contributed by atoms with E-state index in [0.717, 1.165) is 36.1 Å². The van der Waals surface area contributed by atoms with E-state index in [0.29, 0.717) is 18.0 Å². The van der Waals surface area contributed by atoms with Crippen LogP contribution in [0.1, 0.15) is 80.5 Å². The van der Waals surface area contributed by atoms with E-state index in [1.165, 1.54) is 4.88 Å². The SMILES string of the molecule is CCC(CC)n1c(Cc2cccs2)nc2cc(C(=O)N[C@H](CCC(=O)O)C(C)C)ccc21. The van der Waals surface area contributed by atoms with Crippen LogP contribution in [0.25, 0.3) is 11.0 Å². The highest BCUT2D eigenvalue weighted by Crippen LogP contribution is 2.28. The van der Waals surface area contributed by atoms with Crippen molar-refractivity contribution in [3.63, 3.8) is 0 Å². The number of hydrogen-bond donors (Lipinski definition) is 2. The average Bonchev–Trinajstić information content (AvgIpc) is 3.39. The van der Waals surface area contributed by atoms with Gasteiger partial charge in [-0.05, 0) is 54.8 Å². The van der Waals surface area contributed by atoms with Gasteiger partial charge in [0.1, 0.15) is 5.82 Å². The van der Waals surface area contributed by atoms with Crippen molar-refractivity contribution < 1.29 is 14.7 Å². The van der Waals surface area contributed by atoms with Gasteiger partial charge in [0, 0.05) is 35.4 Å². The van der Waals surface area contributed by atoms with E-state index in [4.69, 9.17) is 10.1 Å². The first kappa shape index (κ1) is 24.0. The van der Waals surface area contributed by atoms with Crippen molar-refractivity contribution >= 4 is 34.2 Å². The van der Waals surface area contributed by atoms with Gasteiger partial charge in [0.25, 0.3) is 5.91 Å². The smallest absolute Gasteiger partial charge is 0.303 e. The van der Waals surface area contributed by atoms with E-state index in [9.17, 15) is 9.59 Å². The van der Waals surface area contributed by atoms with Gasteiger partial charge in [-0.25, -0.2) is 4.98 Å². The molecule has 2 aromatic heterocycles. The zero-order chi connectivity index (χ0) is 23.3. The molecule has 0 bridgehead atoms. The van der Waals surface area contributed by atoms with Gasteiger partial charge in [-0.15, -0.1) is 11.3 Å². The lowest BCUT2D eigenvalue weighted by Gasteiger charge is -2.22. The molecular formula is C25H33N3O3S. The molecule has 0 aliphatic carbocycles. The summed E-state index contributed by atoms with van der Waals surface area (Å²) in [7, 11) is 0. The molecule has 0 saturated heterocycles. The molecule has 0 spiro atoms. The largest absolute Gasteiger partial charge is 0.481 e. The average molecular weight is 456 g/mol. The summed E-state index contributed by atoms with van der Waals surface area (Å²) in [6, 6.07) is 10.1. The maximum absolute atomic E-state index is 13.0. The van der Waals surface area contributed by atoms with Crippen molar-refractivity contribution in [2.24, 2.45) is 5.92 Å². The molecule has 2 N–H and O–H groups in total. The number of carbonyl (C=O) groups excluding carboxylic acids is 1. The van der Waals surface area contributed by atoms with E-state index in [1.54, 1.807) is 11.3 Å². The number of rotatable bonds is 11. The Hall–Kier alpha value is -2.67. The molecule has 2 heterocycles. The standard InChI is InChI=1S/C25H33N3O3S/c1-5-18(6-2)28-22-11-9-17(25(31)27-20(16(3)4)10-12-24(29)30)14-21(22)26-23(28)15-19-8-7-13-32-19/h7-9,11,13-14,16,18,20H,5-6,10,12,15H2,1-4H3,(H,27,31)(H,29,30)/t20-/m1/s1. The number of aliphatic carboxylic acids is 1. The number of imidazole rings is 1. The zero-order valence-electron chi connectivity index (χ0n) is 19.3. The number of benzene rings is 1. The minimum atomic E-state index is -0.850. The number of fused-ring (bicyclic) bond motifs is 1. The molecule has 0 aliphatic rings. The topological polar surface area (TPSA) is 84.2 Å². The first-order valence-electron chi connectivity index (χ1n) is 11.4. The molecule has 1 aromatic carbocycles. The van der Waals surface area contributed by atoms with Crippen LogP contribution in [0.2, 0.25) is 0 Å². The summed E-state index contributed by atoms with van der Waals surface area (Å²) < 4.78 is 2.33. The molecule has 1 amide bonds. The summed E-state index contributed by atoms with van der Waals surface area (Å²) in [5.74, 6) is 0.133. The van der Waals surface area contributed by atoms with Crippen LogP contribution in [0.5, 0.6) is 0 Å². The highest BCUT2D eigenvalue weighted by atomic mass is 32.1. The van der Waals surface area contributed by atoms with Crippen molar-refractivity contribution in [1.29, 1.82) is 0 Å². The van der Waals surface area contributed by atoms with Gasteiger partial charge in [-0.2, -0.15) is 0 Å². The lowest BCUT2D eigenvalue weighted by molar-refractivity contribution is -0.137. The zero-order valence-corrected chi connectivity index (χ0v) is 20.1. The second-order valence-electron chi connectivity index (χ2n) is 8.58. The van der Waals surface area contributed by atoms with Gasteiger partial charge in [0.15, 0.2) is 0 Å². The van der Waals surface area contributed by atoms with Gasteiger partial charge in [-0.1, -0.05) is 33.8 Å². The monoisotopic (exact) mass is 455 g/mol. The second kappa shape index (κ2) is 10.8. The fraction of sp³-hybridized carbons (Fsp3) is 0.480. The molecule has 3 rings (SSSR count). The van der Waals surface area contributed by atoms with Crippen LogP contribution in [-0.4, -0.2) is 32.6 Å². The first-order valence-corrected chi connectivity index (χ1v) is 12.3. The number of thiophene rings is 1.